The summed E-state index contributed by atoms with van der Waals surface area (Å²) in [5, 5.41) is 1.36. The summed E-state index contributed by atoms with van der Waals surface area (Å²) < 4.78 is 0. The van der Waals surface area contributed by atoms with Gasteiger partial charge in [-0.2, -0.15) is 0 Å². The fraction of sp³-hybridized carbons (Fsp3) is 0.333. The van der Waals surface area contributed by atoms with E-state index in [9.17, 15) is 0 Å². The third-order valence-electron chi connectivity index (χ3n) is 0.981. The van der Waals surface area contributed by atoms with Crippen LogP contribution >= 0.6 is 0 Å². The summed E-state index contributed by atoms with van der Waals surface area (Å²) in [6.45, 7) is 0. The topological polar surface area (TPSA) is 0 Å². The van der Waals surface area contributed by atoms with E-state index in [1.54, 1.807) is 0 Å². The van der Waals surface area contributed by atoms with Crippen LogP contribution in [0.25, 0.3) is 0 Å². The first-order valence-electron chi connectivity index (χ1n) is 2.43. The van der Waals surface area contributed by atoms with Crippen LogP contribution in [-0.4, -0.2) is 14.7 Å². The van der Waals surface area contributed by atoms with E-state index in [1.165, 1.54) is 5.21 Å². The van der Waals surface area contributed by atoms with E-state index in [0.717, 1.165) is 0 Å². The molecule has 0 aromatic rings. The second kappa shape index (κ2) is 2.37. The Morgan fingerprint density at radius 2 is 2.29 bits per heavy atom. The Hall–Kier alpha value is 0.0384. The van der Waals surface area contributed by atoms with Crippen LogP contribution in [0.3, 0.4) is 0 Å². The fourth-order valence-electron chi connectivity index (χ4n) is 0.563. The molecule has 0 saturated carbocycles. The Bertz CT molecular complexity index is 103. The number of hydrogen-bond acceptors (Lipinski definition) is 0. The van der Waals surface area contributed by atoms with Gasteiger partial charge in [0, 0.05) is 0 Å². The fourth-order valence-corrected chi connectivity index (χ4v) is 2.60. The molecule has 1 atom stereocenters. The molecule has 7 heavy (non-hydrogen) atoms. The molecule has 1 unspecified atom stereocenters. The van der Waals surface area contributed by atoms with Gasteiger partial charge < -0.3 is 0 Å². The van der Waals surface area contributed by atoms with Crippen LogP contribution in [0.1, 0.15) is 0 Å². The molecular weight excluding hydrogens is 147 g/mol. The molecule has 1 heterocycles. The van der Waals surface area contributed by atoms with Gasteiger partial charge in [0.1, 0.15) is 0 Å². The average molecular weight is 156 g/mol. The zero-order valence-corrected chi connectivity index (χ0v) is 6.34. The zero-order valence-electron chi connectivity index (χ0n) is 4.46. The molecule has 1 aliphatic rings. The molecule has 0 fully saturated rings. The Labute approximate surface area is 49.2 Å². The van der Waals surface area contributed by atoms with E-state index in [4.69, 9.17) is 0 Å². The molecule has 0 aliphatic carbocycles. The molecule has 38 valence electrons. The first-order valence-corrected chi connectivity index (χ1v) is 6.72. The molecule has 0 bridgehead atoms. The van der Waals surface area contributed by atoms with Crippen molar-refractivity contribution in [3.8, 4) is 0 Å². The monoisotopic (exact) mass is 156 g/mol. The first-order chi connectivity index (χ1) is 3.39. The second-order valence-corrected chi connectivity index (χ2v) is 6.28. The van der Waals surface area contributed by atoms with Crippen LogP contribution in [0.15, 0.2) is 23.1 Å². The predicted octanol–water partition coefficient (Wildman–Crippen LogP) is 1.78. The molecule has 0 N–H and O–H groups in total. The second-order valence-electron chi connectivity index (χ2n) is 1.71. The summed E-state index contributed by atoms with van der Waals surface area (Å²) in [6.07, 6.45) is 6.57. The Balaban J connectivity index is 2.49. The van der Waals surface area contributed by atoms with E-state index in [0.29, 0.717) is 0 Å². The summed E-state index contributed by atoms with van der Waals surface area (Å²) in [5.74, 6) is 0. The molecule has 0 nitrogen and oxygen atoms in total. The standard InChI is InChI=1S/C6H9As/c1-7-5-3-2-4-6-7/h2-5H,6H2,1H3. The van der Waals surface area contributed by atoms with Crippen LogP contribution in [0.4, 0.5) is 0 Å². The van der Waals surface area contributed by atoms with Crippen LogP contribution in [0.5, 0.6) is 0 Å². The van der Waals surface area contributed by atoms with Crippen molar-refractivity contribution < 1.29 is 0 Å². The minimum absolute atomic E-state index is 0.418. The van der Waals surface area contributed by atoms with Crippen LogP contribution in [0.2, 0.25) is 10.9 Å². The molecule has 0 amide bonds. The van der Waals surface area contributed by atoms with E-state index in [-0.39, 0.29) is 0 Å². The first kappa shape index (κ1) is 5.18. The summed E-state index contributed by atoms with van der Waals surface area (Å²) in [5.41, 5.74) is 2.37. The van der Waals surface area contributed by atoms with E-state index >= 15 is 0 Å². The zero-order chi connectivity index (χ0) is 5.11. The van der Waals surface area contributed by atoms with E-state index < -0.39 is 14.7 Å². The summed E-state index contributed by atoms with van der Waals surface area (Å²) in [7, 11) is 0. The van der Waals surface area contributed by atoms with Gasteiger partial charge in [-0.05, 0) is 0 Å². The molecule has 0 spiro atoms. The number of allylic oxidation sites excluding steroid dienone is 3. The van der Waals surface area contributed by atoms with Crippen molar-refractivity contribution in [2.24, 2.45) is 0 Å². The normalized spacial score (nSPS) is 28.4. The predicted molar refractivity (Wildman–Crippen MR) is 34.7 cm³/mol. The maximum atomic E-state index is 2.37. The van der Waals surface area contributed by atoms with Gasteiger partial charge in [0.2, 0.25) is 0 Å². The van der Waals surface area contributed by atoms with Gasteiger partial charge >= 0.3 is 48.7 Å². The summed E-state index contributed by atoms with van der Waals surface area (Å²) in [6, 6.07) is 0. The molecule has 1 aliphatic heterocycles. The van der Waals surface area contributed by atoms with E-state index in [2.05, 4.69) is 28.8 Å². The van der Waals surface area contributed by atoms with Crippen molar-refractivity contribution in [1.82, 2.24) is 0 Å². The van der Waals surface area contributed by atoms with Gasteiger partial charge in [-0.25, -0.2) is 0 Å². The van der Waals surface area contributed by atoms with Gasteiger partial charge in [0.25, 0.3) is 0 Å². The SMILES string of the molecule is C[As]1C=CC=CC1. The third-order valence-corrected chi connectivity index (χ3v) is 4.06. The third kappa shape index (κ3) is 1.52. The molecule has 0 saturated heterocycles. The van der Waals surface area contributed by atoms with Crippen LogP contribution in [0, 0.1) is 0 Å². The van der Waals surface area contributed by atoms with Crippen molar-refractivity contribution in [3.05, 3.63) is 23.1 Å². The van der Waals surface area contributed by atoms with Crippen molar-refractivity contribution in [3.63, 3.8) is 0 Å². The Morgan fingerprint density at radius 1 is 1.43 bits per heavy atom. The Kier molecular flexibility index (Phi) is 1.76. The molecule has 0 radical (unpaired) electrons. The summed E-state index contributed by atoms with van der Waals surface area (Å²) >= 11 is -0.418. The minimum atomic E-state index is -0.418. The van der Waals surface area contributed by atoms with Crippen molar-refractivity contribution in [2.75, 3.05) is 0 Å². The molecule has 0 aromatic heterocycles. The van der Waals surface area contributed by atoms with Gasteiger partial charge in [-0.3, -0.25) is 0 Å². The van der Waals surface area contributed by atoms with E-state index in [1.807, 2.05) is 0 Å². The molecule has 1 heteroatoms. The van der Waals surface area contributed by atoms with Crippen molar-refractivity contribution >= 4 is 14.7 Å². The van der Waals surface area contributed by atoms with Gasteiger partial charge in [-0.15, -0.1) is 0 Å². The van der Waals surface area contributed by atoms with Gasteiger partial charge in [0.05, 0.1) is 0 Å². The van der Waals surface area contributed by atoms with Crippen LogP contribution in [-0.2, 0) is 0 Å². The van der Waals surface area contributed by atoms with Crippen LogP contribution < -0.4 is 0 Å². The van der Waals surface area contributed by atoms with Gasteiger partial charge in [-0.1, -0.05) is 0 Å². The number of hydrogen-bond donors (Lipinski definition) is 0. The Morgan fingerprint density at radius 3 is 2.57 bits per heavy atom. The van der Waals surface area contributed by atoms with Crippen molar-refractivity contribution in [1.29, 1.82) is 0 Å². The van der Waals surface area contributed by atoms with Gasteiger partial charge in [0.15, 0.2) is 0 Å². The molecule has 0 aromatic carbocycles. The quantitative estimate of drug-likeness (QED) is 0.469. The average Bonchev–Trinajstić information content (AvgIpc) is 1.69. The maximum absolute atomic E-state index is 2.37. The summed E-state index contributed by atoms with van der Waals surface area (Å²) in [4.78, 5) is 2.37. The number of rotatable bonds is 0. The van der Waals surface area contributed by atoms with Crippen molar-refractivity contribution in [2.45, 2.75) is 10.9 Å². The molecular formula is C6H9As. The molecule has 1 rings (SSSR count).